The van der Waals surface area contributed by atoms with Gasteiger partial charge >= 0.3 is 12.2 Å². The number of nitrogens with zero attached hydrogens (tertiary/aromatic N) is 1. The second-order valence-electron chi connectivity index (χ2n) is 8.72. The molecule has 0 aromatic heterocycles. The summed E-state index contributed by atoms with van der Waals surface area (Å²) in [6, 6.07) is 5.93. The van der Waals surface area contributed by atoms with Gasteiger partial charge in [-0.25, -0.2) is 14.0 Å². The first-order valence-corrected chi connectivity index (χ1v) is 10.3. The Kier molecular flexibility index (Phi) is 8.06. The number of rotatable bonds is 6. The summed E-state index contributed by atoms with van der Waals surface area (Å²) in [7, 11) is 1.28. The van der Waals surface area contributed by atoms with Crippen molar-refractivity contribution in [2.45, 2.75) is 57.7 Å². The van der Waals surface area contributed by atoms with Gasteiger partial charge in [0, 0.05) is 25.6 Å². The maximum absolute atomic E-state index is 13.9. The molecule has 30 heavy (non-hydrogen) atoms. The SMILES string of the molecule is COC(=O)NCCC[C@@](O)(c1cccc(F)c1)[C@@H]1CCCN(C(=O)OC(C)(C)C)C1. The predicted molar refractivity (Wildman–Crippen MR) is 110 cm³/mol. The van der Waals surface area contributed by atoms with Crippen LogP contribution < -0.4 is 5.32 Å². The highest BCUT2D eigenvalue weighted by Crippen LogP contribution is 2.39. The first kappa shape index (κ1) is 23.9. The number of benzene rings is 1. The third kappa shape index (κ3) is 6.58. The molecule has 1 aromatic rings. The number of alkyl carbamates (subject to hydrolysis) is 1. The number of piperidine rings is 1. The van der Waals surface area contributed by atoms with E-state index >= 15 is 0 Å². The van der Waals surface area contributed by atoms with Crippen LogP contribution in [0.15, 0.2) is 24.3 Å². The van der Waals surface area contributed by atoms with Gasteiger partial charge in [-0.2, -0.15) is 0 Å². The quantitative estimate of drug-likeness (QED) is 0.679. The Morgan fingerprint density at radius 3 is 2.70 bits per heavy atom. The minimum Gasteiger partial charge on any atom is -0.453 e. The molecule has 8 heteroatoms. The fraction of sp³-hybridized carbons (Fsp3) is 0.636. The zero-order valence-electron chi connectivity index (χ0n) is 18.2. The number of halogens is 1. The first-order valence-electron chi connectivity index (χ1n) is 10.3. The van der Waals surface area contributed by atoms with E-state index in [1.54, 1.807) is 17.0 Å². The van der Waals surface area contributed by atoms with Crippen LogP contribution in [-0.2, 0) is 15.1 Å². The Morgan fingerprint density at radius 2 is 2.07 bits per heavy atom. The number of carbonyl (C=O) groups is 2. The van der Waals surface area contributed by atoms with Crippen molar-refractivity contribution in [1.29, 1.82) is 0 Å². The molecule has 1 saturated heterocycles. The molecule has 0 saturated carbocycles. The lowest BCUT2D eigenvalue weighted by Crippen LogP contribution is -2.49. The second kappa shape index (κ2) is 10.1. The number of nitrogens with one attached hydrogen (secondary N) is 1. The Hall–Kier alpha value is -2.35. The molecule has 0 aliphatic carbocycles. The van der Waals surface area contributed by atoms with E-state index in [9.17, 15) is 19.1 Å². The molecule has 1 heterocycles. The highest BCUT2D eigenvalue weighted by Gasteiger charge is 2.42. The number of methoxy groups -OCH3 is 1. The zero-order valence-corrected chi connectivity index (χ0v) is 18.2. The largest absolute Gasteiger partial charge is 0.453 e. The lowest BCUT2D eigenvalue weighted by molar-refractivity contribution is -0.0634. The van der Waals surface area contributed by atoms with Gasteiger partial charge in [0.1, 0.15) is 11.4 Å². The molecule has 0 unspecified atom stereocenters. The van der Waals surface area contributed by atoms with Crippen LogP contribution in [0.5, 0.6) is 0 Å². The summed E-state index contributed by atoms with van der Waals surface area (Å²) in [5.74, 6) is -0.725. The standard InChI is InChI=1S/C22H33FN2O5/c1-21(2,3)30-20(27)25-13-6-9-17(15-25)22(28,11-7-12-24-19(26)29-4)16-8-5-10-18(23)14-16/h5,8,10,14,17,28H,6-7,9,11-13,15H2,1-4H3,(H,24,26)/t17-,22-/m1/s1. The Balaban J connectivity index is 2.18. The van der Waals surface area contributed by atoms with Crippen molar-refractivity contribution < 1.29 is 28.6 Å². The highest BCUT2D eigenvalue weighted by molar-refractivity contribution is 5.68. The summed E-state index contributed by atoms with van der Waals surface area (Å²) in [5, 5.41) is 14.3. The minimum atomic E-state index is -1.35. The van der Waals surface area contributed by atoms with E-state index in [0.29, 0.717) is 50.9 Å². The van der Waals surface area contributed by atoms with Crippen LogP contribution in [-0.4, -0.2) is 54.5 Å². The number of aliphatic hydroxyl groups is 1. The fourth-order valence-corrected chi connectivity index (χ4v) is 3.82. The van der Waals surface area contributed by atoms with Crippen LogP contribution in [0.1, 0.15) is 52.0 Å². The molecule has 2 amide bonds. The van der Waals surface area contributed by atoms with Gasteiger partial charge in [-0.3, -0.25) is 0 Å². The number of ether oxygens (including phenoxy) is 2. The lowest BCUT2D eigenvalue weighted by atomic mass is 9.74. The third-order valence-corrected chi connectivity index (χ3v) is 5.26. The molecule has 2 atom stereocenters. The minimum absolute atomic E-state index is 0.293. The van der Waals surface area contributed by atoms with Gasteiger partial charge in [0.2, 0.25) is 0 Å². The Morgan fingerprint density at radius 1 is 1.33 bits per heavy atom. The van der Waals surface area contributed by atoms with Crippen LogP contribution in [0.3, 0.4) is 0 Å². The van der Waals surface area contributed by atoms with Crippen LogP contribution in [0.2, 0.25) is 0 Å². The van der Waals surface area contributed by atoms with Crippen LogP contribution in [0, 0.1) is 11.7 Å². The van der Waals surface area contributed by atoms with E-state index in [4.69, 9.17) is 4.74 Å². The number of likely N-dealkylation sites (tertiary alicyclic amines) is 1. The summed E-state index contributed by atoms with van der Waals surface area (Å²) in [4.78, 5) is 25.4. The van der Waals surface area contributed by atoms with E-state index in [-0.39, 0.29) is 5.92 Å². The third-order valence-electron chi connectivity index (χ3n) is 5.26. The number of amides is 2. The van der Waals surface area contributed by atoms with E-state index in [0.717, 1.165) is 0 Å². The molecule has 1 aromatic carbocycles. The van der Waals surface area contributed by atoms with Gasteiger partial charge in [0.05, 0.1) is 12.7 Å². The Labute approximate surface area is 177 Å². The van der Waals surface area contributed by atoms with E-state index in [1.807, 2.05) is 20.8 Å². The van der Waals surface area contributed by atoms with Crippen LogP contribution in [0.4, 0.5) is 14.0 Å². The van der Waals surface area contributed by atoms with Crippen molar-refractivity contribution in [2.24, 2.45) is 5.92 Å². The maximum Gasteiger partial charge on any atom is 0.410 e. The lowest BCUT2D eigenvalue weighted by Gasteiger charge is -2.43. The molecule has 1 fully saturated rings. The molecule has 168 valence electrons. The van der Waals surface area contributed by atoms with Crippen molar-refractivity contribution >= 4 is 12.2 Å². The summed E-state index contributed by atoms with van der Waals surface area (Å²) in [6.07, 6.45) is 1.20. The number of carbonyl (C=O) groups excluding carboxylic acids is 2. The molecule has 1 aliphatic rings. The van der Waals surface area contributed by atoms with Gasteiger partial charge < -0.3 is 24.8 Å². The van der Waals surface area contributed by atoms with Gasteiger partial charge in [-0.1, -0.05) is 12.1 Å². The van der Waals surface area contributed by atoms with Gasteiger partial charge in [-0.15, -0.1) is 0 Å². The first-order chi connectivity index (χ1) is 14.0. The maximum atomic E-state index is 13.9. The molecule has 7 nitrogen and oxygen atoms in total. The Bertz CT molecular complexity index is 736. The van der Waals surface area contributed by atoms with Gasteiger partial charge in [-0.05, 0) is 64.2 Å². The second-order valence-corrected chi connectivity index (χ2v) is 8.72. The number of hydrogen-bond acceptors (Lipinski definition) is 5. The van der Waals surface area contributed by atoms with E-state index in [2.05, 4.69) is 10.1 Å². The summed E-state index contributed by atoms with van der Waals surface area (Å²) in [6.45, 7) is 6.60. The van der Waals surface area contributed by atoms with Crippen molar-refractivity contribution in [3.05, 3.63) is 35.6 Å². The molecule has 2 N–H and O–H groups in total. The van der Waals surface area contributed by atoms with E-state index in [1.165, 1.54) is 19.2 Å². The summed E-state index contributed by atoms with van der Waals surface area (Å²) >= 11 is 0. The van der Waals surface area contributed by atoms with Crippen molar-refractivity contribution in [2.75, 3.05) is 26.7 Å². The fourth-order valence-electron chi connectivity index (χ4n) is 3.82. The average molecular weight is 425 g/mol. The molecule has 0 radical (unpaired) electrons. The van der Waals surface area contributed by atoms with Crippen molar-refractivity contribution in [1.82, 2.24) is 10.2 Å². The van der Waals surface area contributed by atoms with Gasteiger partial charge in [0.25, 0.3) is 0 Å². The average Bonchev–Trinajstić information content (AvgIpc) is 2.69. The van der Waals surface area contributed by atoms with Crippen molar-refractivity contribution in [3.63, 3.8) is 0 Å². The van der Waals surface area contributed by atoms with Crippen LogP contribution >= 0.6 is 0 Å². The zero-order chi connectivity index (χ0) is 22.4. The molecular formula is C22H33FN2O5. The molecular weight excluding hydrogens is 391 g/mol. The van der Waals surface area contributed by atoms with Crippen LogP contribution in [0.25, 0.3) is 0 Å². The normalized spacial score (nSPS) is 19.0. The number of hydrogen-bond donors (Lipinski definition) is 2. The van der Waals surface area contributed by atoms with E-state index < -0.39 is 29.2 Å². The molecule has 0 spiro atoms. The molecule has 1 aliphatic heterocycles. The smallest absolute Gasteiger partial charge is 0.410 e. The van der Waals surface area contributed by atoms with Gasteiger partial charge in [0.15, 0.2) is 0 Å². The monoisotopic (exact) mass is 424 g/mol. The highest BCUT2D eigenvalue weighted by atomic mass is 19.1. The predicted octanol–water partition coefficient (Wildman–Crippen LogP) is 3.80. The van der Waals surface area contributed by atoms with Crippen molar-refractivity contribution in [3.8, 4) is 0 Å². The summed E-state index contributed by atoms with van der Waals surface area (Å²) in [5.41, 5.74) is -1.49. The topological polar surface area (TPSA) is 88.1 Å². The summed E-state index contributed by atoms with van der Waals surface area (Å²) < 4.78 is 24.0. The molecule has 2 rings (SSSR count). The molecule has 0 bridgehead atoms.